The molecule has 0 spiro atoms. The Kier molecular flexibility index (Phi) is 4.63. The van der Waals surface area contributed by atoms with Crippen molar-refractivity contribution in [3.63, 3.8) is 0 Å². The van der Waals surface area contributed by atoms with Crippen molar-refractivity contribution in [1.29, 1.82) is 0 Å². The zero-order valence-electron chi connectivity index (χ0n) is 12.4. The third-order valence-electron chi connectivity index (χ3n) is 3.26. The second-order valence-corrected chi connectivity index (χ2v) is 4.87. The maximum atomic E-state index is 12.3. The Bertz CT molecular complexity index is 757. The first kappa shape index (κ1) is 14.8. The minimum absolute atomic E-state index is 0.210. The van der Waals surface area contributed by atoms with Crippen molar-refractivity contribution in [3.05, 3.63) is 66.7 Å². The number of nitrogens with zero attached hydrogens (tertiary/aromatic N) is 2. The Hall–Kier alpha value is -3.15. The van der Waals surface area contributed by atoms with Crippen LogP contribution in [0.3, 0.4) is 0 Å². The molecule has 1 aromatic carbocycles. The van der Waals surface area contributed by atoms with Crippen molar-refractivity contribution < 1.29 is 9.32 Å². The lowest BCUT2D eigenvalue weighted by Gasteiger charge is -2.07. The first-order valence-corrected chi connectivity index (χ1v) is 7.26. The smallest absolute Gasteiger partial charge is 0.256 e. The van der Waals surface area contributed by atoms with Crippen LogP contribution in [-0.4, -0.2) is 29.1 Å². The lowest BCUT2D eigenvalue weighted by Crippen LogP contribution is -2.28. The number of benzene rings is 1. The molecule has 0 aliphatic heterocycles. The third kappa shape index (κ3) is 3.74. The van der Waals surface area contributed by atoms with E-state index in [0.29, 0.717) is 24.3 Å². The predicted octanol–water partition coefficient (Wildman–Crippen LogP) is 2.58. The molecule has 0 atom stereocenters. The molecule has 0 aliphatic carbocycles. The average molecular weight is 308 g/mol. The lowest BCUT2D eigenvalue weighted by atomic mass is 10.1. The zero-order valence-corrected chi connectivity index (χ0v) is 12.4. The summed E-state index contributed by atoms with van der Waals surface area (Å²) in [5, 5.41) is 9.94. The zero-order chi connectivity index (χ0) is 15.9. The highest BCUT2D eigenvalue weighted by atomic mass is 16.5. The van der Waals surface area contributed by atoms with Gasteiger partial charge >= 0.3 is 0 Å². The number of aromatic nitrogens is 2. The molecular formula is C17H16N4O2. The van der Waals surface area contributed by atoms with E-state index in [4.69, 9.17) is 4.52 Å². The molecule has 0 fully saturated rings. The van der Waals surface area contributed by atoms with Crippen molar-refractivity contribution >= 4 is 11.6 Å². The van der Waals surface area contributed by atoms with Gasteiger partial charge < -0.3 is 15.2 Å². The summed E-state index contributed by atoms with van der Waals surface area (Å²) in [6.45, 7) is 1.08. The molecule has 23 heavy (non-hydrogen) atoms. The molecule has 0 unspecified atom stereocenters. The van der Waals surface area contributed by atoms with Crippen LogP contribution < -0.4 is 10.6 Å². The van der Waals surface area contributed by atoms with Crippen molar-refractivity contribution in [2.75, 3.05) is 18.4 Å². The van der Waals surface area contributed by atoms with E-state index in [1.54, 1.807) is 12.4 Å². The third-order valence-corrected chi connectivity index (χ3v) is 3.26. The first-order chi connectivity index (χ1) is 11.3. The Labute approximate surface area is 133 Å². The lowest BCUT2D eigenvalue weighted by molar-refractivity contribution is 0.0955. The van der Waals surface area contributed by atoms with E-state index in [0.717, 1.165) is 11.3 Å². The summed E-state index contributed by atoms with van der Waals surface area (Å²) in [7, 11) is 0. The summed E-state index contributed by atoms with van der Waals surface area (Å²) in [6.07, 6.45) is 4.81. The minimum Gasteiger partial charge on any atom is -0.382 e. The number of nitrogens with one attached hydrogen (secondary N) is 2. The highest BCUT2D eigenvalue weighted by Crippen LogP contribution is 2.21. The van der Waals surface area contributed by atoms with Gasteiger partial charge in [-0.25, -0.2) is 0 Å². The summed E-state index contributed by atoms with van der Waals surface area (Å²) in [6, 6.07) is 13.2. The fraction of sp³-hybridized carbons (Fsp3) is 0.118. The van der Waals surface area contributed by atoms with Gasteiger partial charge in [0, 0.05) is 31.0 Å². The van der Waals surface area contributed by atoms with Crippen LogP contribution in [0.4, 0.5) is 5.69 Å². The van der Waals surface area contributed by atoms with Gasteiger partial charge in [0.25, 0.3) is 5.91 Å². The number of carbonyl (C=O) groups is 1. The molecule has 0 bridgehead atoms. The second kappa shape index (κ2) is 7.22. The maximum Gasteiger partial charge on any atom is 0.256 e. The summed E-state index contributed by atoms with van der Waals surface area (Å²) >= 11 is 0. The molecule has 0 saturated heterocycles. The van der Waals surface area contributed by atoms with Crippen LogP contribution in [0.5, 0.6) is 0 Å². The molecule has 3 rings (SSSR count). The van der Waals surface area contributed by atoms with Crippen molar-refractivity contribution in [1.82, 2.24) is 15.5 Å². The summed E-state index contributed by atoms with van der Waals surface area (Å²) < 4.78 is 4.96. The Balaban J connectivity index is 1.56. The number of rotatable bonds is 6. The van der Waals surface area contributed by atoms with Gasteiger partial charge in [0.15, 0.2) is 0 Å². The second-order valence-electron chi connectivity index (χ2n) is 4.87. The van der Waals surface area contributed by atoms with E-state index in [1.165, 1.54) is 6.26 Å². The Morgan fingerprint density at radius 3 is 2.74 bits per heavy atom. The van der Waals surface area contributed by atoms with Crippen LogP contribution in [0.15, 0.2) is 65.6 Å². The highest BCUT2D eigenvalue weighted by Gasteiger charge is 2.16. The van der Waals surface area contributed by atoms with Crippen LogP contribution in [0.25, 0.3) is 11.3 Å². The van der Waals surface area contributed by atoms with Crippen LogP contribution in [0.2, 0.25) is 0 Å². The van der Waals surface area contributed by atoms with Gasteiger partial charge in [-0.2, -0.15) is 0 Å². The van der Waals surface area contributed by atoms with Gasteiger partial charge in [0.05, 0.1) is 5.69 Å². The normalized spacial score (nSPS) is 10.3. The van der Waals surface area contributed by atoms with Crippen LogP contribution in [-0.2, 0) is 0 Å². The number of hydrogen-bond acceptors (Lipinski definition) is 5. The van der Waals surface area contributed by atoms with Crippen LogP contribution >= 0.6 is 0 Å². The Morgan fingerprint density at radius 1 is 1.09 bits per heavy atom. The van der Waals surface area contributed by atoms with Gasteiger partial charge in [-0.15, -0.1) is 0 Å². The molecule has 2 aromatic heterocycles. The molecule has 0 aliphatic rings. The molecule has 6 nitrogen and oxygen atoms in total. The SMILES string of the molecule is O=C(NCCNc1cccnc1)c1conc1-c1ccccc1. The first-order valence-electron chi connectivity index (χ1n) is 7.26. The topological polar surface area (TPSA) is 80.0 Å². The van der Waals surface area contributed by atoms with Gasteiger partial charge in [0.2, 0.25) is 0 Å². The van der Waals surface area contributed by atoms with Gasteiger partial charge in [0.1, 0.15) is 17.5 Å². The van der Waals surface area contributed by atoms with Gasteiger partial charge in [-0.05, 0) is 12.1 Å². The van der Waals surface area contributed by atoms with E-state index in [1.807, 2.05) is 42.5 Å². The molecule has 0 radical (unpaired) electrons. The summed E-state index contributed by atoms with van der Waals surface area (Å²) in [5.74, 6) is -0.210. The highest BCUT2D eigenvalue weighted by molar-refractivity contribution is 5.99. The van der Waals surface area contributed by atoms with Crippen LogP contribution in [0.1, 0.15) is 10.4 Å². The molecular weight excluding hydrogens is 292 g/mol. The largest absolute Gasteiger partial charge is 0.382 e. The molecule has 1 amide bonds. The number of carbonyl (C=O) groups excluding carboxylic acids is 1. The van der Waals surface area contributed by atoms with Crippen molar-refractivity contribution in [2.45, 2.75) is 0 Å². The van der Waals surface area contributed by atoms with E-state index in [-0.39, 0.29) is 5.91 Å². The molecule has 3 aromatic rings. The fourth-order valence-corrected chi connectivity index (χ4v) is 2.15. The van der Waals surface area contributed by atoms with Gasteiger partial charge in [-0.3, -0.25) is 9.78 Å². The minimum atomic E-state index is -0.210. The monoisotopic (exact) mass is 308 g/mol. The molecule has 2 N–H and O–H groups in total. The molecule has 0 saturated carbocycles. The number of amides is 1. The standard InChI is InChI=1S/C17H16N4O2/c22-17(20-10-9-19-14-7-4-8-18-11-14)15-12-23-21-16(15)13-5-2-1-3-6-13/h1-8,11-12,19H,9-10H2,(H,20,22). The van der Waals surface area contributed by atoms with E-state index in [2.05, 4.69) is 20.8 Å². The fourth-order valence-electron chi connectivity index (χ4n) is 2.15. The number of anilines is 1. The van der Waals surface area contributed by atoms with E-state index < -0.39 is 0 Å². The van der Waals surface area contributed by atoms with E-state index in [9.17, 15) is 4.79 Å². The molecule has 6 heteroatoms. The maximum absolute atomic E-state index is 12.3. The van der Waals surface area contributed by atoms with Gasteiger partial charge in [-0.1, -0.05) is 35.5 Å². The number of pyridine rings is 1. The predicted molar refractivity (Wildman–Crippen MR) is 87.0 cm³/mol. The molecule has 2 heterocycles. The van der Waals surface area contributed by atoms with Crippen LogP contribution in [0, 0.1) is 0 Å². The van der Waals surface area contributed by atoms with Crippen molar-refractivity contribution in [3.8, 4) is 11.3 Å². The molecule has 116 valence electrons. The summed E-state index contributed by atoms with van der Waals surface area (Å²) in [5.41, 5.74) is 2.73. The van der Waals surface area contributed by atoms with Crippen molar-refractivity contribution in [2.24, 2.45) is 0 Å². The van der Waals surface area contributed by atoms with E-state index >= 15 is 0 Å². The quantitative estimate of drug-likeness (QED) is 0.684. The summed E-state index contributed by atoms with van der Waals surface area (Å²) in [4.78, 5) is 16.3. The Morgan fingerprint density at radius 2 is 1.96 bits per heavy atom. The average Bonchev–Trinajstić information content (AvgIpc) is 3.10. The number of hydrogen-bond donors (Lipinski definition) is 2.